The Hall–Kier alpha value is -2.12. The number of anilines is 1. The Morgan fingerprint density at radius 1 is 1.41 bits per heavy atom. The zero-order chi connectivity index (χ0) is 12.6. The molecule has 2 rings (SSSR count). The fourth-order valence-corrected chi connectivity index (χ4v) is 1.23. The van der Waals surface area contributed by atoms with Gasteiger partial charge in [-0.25, -0.2) is 4.98 Å². The molecule has 17 heavy (non-hydrogen) atoms. The lowest BCUT2D eigenvalue weighted by molar-refractivity contribution is -0.167. The number of hydrogen-bond acceptors (Lipinski definition) is 3. The average Bonchev–Trinajstić information content (AvgIpc) is 2.57. The van der Waals surface area contributed by atoms with Crippen LogP contribution in [0, 0.1) is 6.92 Å². The number of halogens is 3. The van der Waals surface area contributed by atoms with E-state index in [1.165, 1.54) is 16.8 Å². The molecule has 1 N–H and O–H groups in total. The molecule has 0 spiro atoms. The van der Waals surface area contributed by atoms with Crippen molar-refractivity contribution in [3.05, 3.63) is 24.2 Å². The highest BCUT2D eigenvalue weighted by Crippen LogP contribution is 2.17. The largest absolute Gasteiger partial charge is 0.471 e. The summed E-state index contributed by atoms with van der Waals surface area (Å²) in [6, 6.07) is 0. The van der Waals surface area contributed by atoms with Gasteiger partial charge in [0.1, 0.15) is 0 Å². The van der Waals surface area contributed by atoms with Gasteiger partial charge in [-0.15, -0.1) is 0 Å². The summed E-state index contributed by atoms with van der Waals surface area (Å²) in [6.45, 7) is 1.78. The van der Waals surface area contributed by atoms with Crippen LogP contribution in [0.5, 0.6) is 0 Å². The maximum atomic E-state index is 12.0. The monoisotopic (exact) mass is 244 g/mol. The zero-order valence-corrected chi connectivity index (χ0v) is 8.62. The van der Waals surface area contributed by atoms with Crippen LogP contribution in [-0.2, 0) is 4.79 Å². The SMILES string of the molecule is Cc1cnc2nc(NC(=O)C(F)(F)F)cn2c1. The number of amides is 1. The van der Waals surface area contributed by atoms with E-state index < -0.39 is 12.1 Å². The molecule has 0 atom stereocenters. The minimum absolute atomic E-state index is 0.189. The second kappa shape index (κ2) is 3.72. The summed E-state index contributed by atoms with van der Waals surface area (Å²) in [5.41, 5.74) is 0.823. The van der Waals surface area contributed by atoms with E-state index in [1.54, 1.807) is 18.4 Å². The first-order valence-corrected chi connectivity index (χ1v) is 4.56. The van der Waals surface area contributed by atoms with E-state index >= 15 is 0 Å². The van der Waals surface area contributed by atoms with Crippen LogP contribution in [0.3, 0.4) is 0 Å². The van der Waals surface area contributed by atoms with Crippen LogP contribution < -0.4 is 5.32 Å². The Balaban J connectivity index is 2.29. The highest BCUT2D eigenvalue weighted by atomic mass is 19.4. The van der Waals surface area contributed by atoms with Crippen LogP contribution in [0.4, 0.5) is 19.0 Å². The Morgan fingerprint density at radius 2 is 2.12 bits per heavy atom. The highest BCUT2D eigenvalue weighted by molar-refractivity contribution is 5.94. The number of aryl methyl sites for hydroxylation is 1. The van der Waals surface area contributed by atoms with Gasteiger partial charge in [-0.1, -0.05) is 0 Å². The van der Waals surface area contributed by atoms with Crippen molar-refractivity contribution >= 4 is 17.5 Å². The molecule has 0 saturated carbocycles. The first kappa shape index (κ1) is 11.4. The second-order valence-electron chi connectivity index (χ2n) is 3.42. The molecule has 2 aromatic heterocycles. The maximum Gasteiger partial charge on any atom is 0.471 e. The van der Waals surface area contributed by atoms with E-state index in [9.17, 15) is 18.0 Å². The van der Waals surface area contributed by atoms with Gasteiger partial charge in [0.15, 0.2) is 5.82 Å². The van der Waals surface area contributed by atoms with E-state index in [4.69, 9.17) is 0 Å². The van der Waals surface area contributed by atoms with Crippen molar-refractivity contribution in [2.24, 2.45) is 0 Å². The maximum absolute atomic E-state index is 12.0. The number of rotatable bonds is 1. The molecule has 0 aromatic carbocycles. The Bertz CT molecular complexity index is 575. The van der Waals surface area contributed by atoms with Gasteiger partial charge in [-0.05, 0) is 12.5 Å². The standard InChI is InChI=1S/C9H7F3N4O/c1-5-2-13-8-15-6(4-16(8)3-5)14-7(17)9(10,11)12/h2-4H,1H3,(H,14,17). The van der Waals surface area contributed by atoms with Crippen LogP contribution >= 0.6 is 0 Å². The summed E-state index contributed by atoms with van der Waals surface area (Å²) in [5.74, 6) is -2.03. The number of alkyl halides is 3. The predicted octanol–water partition coefficient (Wildman–Crippen LogP) is 1.54. The van der Waals surface area contributed by atoms with Gasteiger partial charge >= 0.3 is 12.1 Å². The van der Waals surface area contributed by atoms with E-state index in [2.05, 4.69) is 9.97 Å². The Kier molecular flexibility index (Phi) is 2.49. The molecule has 0 aliphatic rings. The quantitative estimate of drug-likeness (QED) is 0.827. The summed E-state index contributed by atoms with van der Waals surface area (Å²) in [5, 5.41) is 1.65. The lowest BCUT2D eigenvalue weighted by Crippen LogP contribution is -2.30. The van der Waals surface area contributed by atoms with Crippen LogP contribution in [0.1, 0.15) is 5.56 Å². The summed E-state index contributed by atoms with van der Waals surface area (Å²) in [7, 11) is 0. The molecule has 0 fully saturated rings. The lowest BCUT2D eigenvalue weighted by atomic mass is 10.4. The molecule has 0 radical (unpaired) electrons. The topological polar surface area (TPSA) is 59.3 Å². The smallest absolute Gasteiger partial charge is 0.301 e. The van der Waals surface area contributed by atoms with Crippen molar-refractivity contribution in [1.82, 2.24) is 14.4 Å². The third-order valence-corrected chi connectivity index (χ3v) is 1.94. The zero-order valence-electron chi connectivity index (χ0n) is 8.62. The minimum atomic E-state index is -4.93. The number of carbonyl (C=O) groups excluding carboxylic acids is 1. The molecule has 0 unspecified atom stereocenters. The Morgan fingerprint density at radius 3 is 2.76 bits per heavy atom. The summed E-state index contributed by atoms with van der Waals surface area (Å²) >= 11 is 0. The van der Waals surface area contributed by atoms with Crippen LogP contribution in [0.2, 0.25) is 0 Å². The molecule has 8 heteroatoms. The highest BCUT2D eigenvalue weighted by Gasteiger charge is 2.39. The molecule has 0 aliphatic carbocycles. The Labute approximate surface area is 93.3 Å². The first-order valence-electron chi connectivity index (χ1n) is 4.56. The fraction of sp³-hybridized carbons (Fsp3) is 0.222. The van der Waals surface area contributed by atoms with Crippen molar-refractivity contribution < 1.29 is 18.0 Å². The van der Waals surface area contributed by atoms with Gasteiger partial charge in [0.2, 0.25) is 5.78 Å². The normalized spacial score (nSPS) is 11.8. The number of nitrogens with one attached hydrogen (secondary N) is 1. The van der Waals surface area contributed by atoms with Crippen molar-refractivity contribution in [3.63, 3.8) is 0 Å². The first-order chi connectivity index (χ1) is 7.86. The van der Waals surface area contributed by atoms with Gasteiger partial charge in [0, 0.05) is 12.4 Å². The van der Waals surface area contributed by atoms with Crippen molar-refractivity contribution in [3.8, 4) is 0 Å². The van der Waals surface area contributed by atoms with Crippen LogP contribution in [0.25, 0.3) is 5.78 Å². The molecule has 5 nitrogen and oxygen atoms in total. The molecular weight excluding hydrogens is 237 g/mol. The number of hydrogen-bond donors (Lipinski definition) is 1. The third-order valence-electron chi connectivity index (χ3n) is 1.94. The lowest BCUT2D eigenvalue weighted by Gasteiger charge is -2.03. The molecule has 1 amide bonds. The van der Waals surface area contributed by atoms with E-state index in [0.717, 1.165) is 5.56 Å². The average molecular weight is 244 g/mol. The molecule has 0 bridgehead atoms. The fourth-order valence-electron chi connectivity index (χ4n) is 1.23. The molecular formula is C9H7F3N4O. The predicted molar refractivity (Wildman–Crippen MR) is 52.4 cm³/mol. The minimum Gasteiger partial charge on any atom is -0.301 e. The number of aromatic nitrogens is 3. The molecule has 0 saturated heterocycles. The van der Waals surface area contributed by atoms with Gasteiger partial charge in [0.05, 0.1) is 6.20 Å². The van der Waals surface area contributed by atoms with Gasteiger partial charge in [0.25, 0.3) is 0 Å². The van der Waals surface area contributed by atoms with Crippen molar-refractivity contribution in [1.29, 1.82) is 0 Å². The van der Waals surface area contributed by atoms with Gasteiger partial charge in [-0.3, -0.25) is 9.20 Å². The number of imidazole rings is 1. The number of nitrogens with zero attached hydrogens (tertiary/aromatic N) is 3. The van der Waals surface area contributed by atoms with Gasteiger partial charge < -0.3 is 5.32 Å². The van der Waals surface area contributed by atoms with Gasteiger partial charge in [-0.2, -0.15) is 18.2 Å². The summed E-state index contributed by atoms with van der Waals surface area (Å²) in [6.07, 6.45) is -0.506. The summed E-state index contributed by atoms with van der Waals surface area (Å²) < 4.78 is 37.4. The summed E-state index contributed by atoms with van der Waals surface area (Å²) in [4.78, 5) is 18.3. The van der Waals surface area contributed by atoms with Crippen LogP contribution in [0.15, 0.2) is 18.6 Å². The van der Waals surface area contributed by atoms with Crippen LogP contribution in [-0.4, -0.2) is 26.5 Å². The van der Waals surface area contributed by atoms with E-state index in [-0.39, 0.29) is 11.6 Å². The van der Waals surface area contributed by atoms with Crippen molar-refractivity contribution in [2.45, 2.75) is 13.1 Å². The van der Waals surface area contributed by atoms with Crippen molar-refractivity contribution in [2.75, 3.05) is 5.32 Å². The van der Waals surface area contributed by atoms with E-state index in [1.807, 2.05) is 0 Å². The molecule has 0 aliphatic heterocycles. The molecule has 2 heterocycles. The van der Waals surface area contributed by atoms with E-state index in [0.29, 0.717) is 0 Å². The number of carbonyl (C=O) groups is 1. The second-order valence-corrected chi connectivity index (χ2v) is 3.42. The molecule has 2 aromatic rings. The number of fused-ring (bicyclic) bond motifs is 1. The molecule has 90 valence electrons. The third kappa shape index (κ3) is 2.35.